The van der Waals surface area contributed by atoms with Crippen LogP contribution in [0, 0.1) is 0 Å². The molecule has 3 rings (SSSR count). The van der Waals surface area contributed by atoms with Crippen molar-refractivity contribution in [2.45, 2.75) is 0 Å². The Bertz CT molecular complexity index is 792. The summed E-state index contributed by atoms with van der Waals surface area (Å²) >= 11 is 5.94. The van der Waals surface area contributed by atoms with Gasteiger partial charge in [0.2, 0.25) is 5.78 Å². The van der Waals surface area contributed by atoms with Crippen LogP contribution in [0.25, 0.3) is 10.9 Å². The molecule has 0 atom stereocenters. The van der Waals surface area contributed by atoms with E-state index in [4.69, 9.17) is 16.3 Å². The summed E-state index contributed by atoms with van der Waals surface area (Å²) in [4.78, 5) is 15.5. The van der Waals surface area contributed by atoms with E-state index in [2.05, 4.69) is 4.98 Å². The summed E-state index contributed by atoms with van der Waals surface area (Å²) in [6.45, 7) is 0. The fourth-order valence-electron chi connectivity index (χ4n) is 2.14. The van der Waals surface area contributed by atoms with Crippen molar-refractivity contribution in [1.82, 2.24) is 4.98 Å². The molecule has 0 saturated carbocycles. The highest BCUT2D eigenvalue weighted by Gasteiger charge is 2.12. The van der Waals surface area contributed by atoms with Gasteiger partial charge < -0.3 is 9.72 Å². The van der Waals surface area contributed by atoms with Gasteiger partial charge in [-0.15, -0.1) is 0 Å². The number of aromatic nitrogens is 1. The summed E-state index contributed by atoms with van der Waals surface area (Å²) in [6, 6.07) is 14.4. The van der Waals surface area contributed by atoms with Crippen molar-refractivity contribution in [3.63, 3.8) is 0 Å². The van der Waals surface area contributed by atoms with Gasteiger partial charge in [-0.05, 0) is 30.3 Å². The van der Waals surface area contributed by atoms with Crippen molar-refractivity contribution >= 4 is 28.3 Å². The summed E-state index contributed by atoms with van der Waals surface area (Å²) in [7, 11) is 1.58. The highest BCUT2D eigenvalue weighted by molar-refractivity contribution is 6.31. The number of H-pyrrole nitrogens is 1. The molecule has 0 saturated heterocycles. The number of hydrogen-bond donors (Lipinski definition) is 1. The molecule has 0 unspecified atom stereocenters. The Morgan fingerprint density at radius 3 is 2.80 bits per heavy atom. The van der Waals surface area contributed by atoms with E-state index in [-0.39, 0.29) is 5.78 Å². The Balaban J connectivity index is 2.03. The maximum Gasteiger partial charge on any atom is 0.209 e. The lowest BCUT2D eigenvalue weighted by Gasteiger charge is -2.02. The molecular formula is C16H12ClNO2. The number of ketones is 1. The van der Waals surface area contributed by atoms with E-state index in [0.717, 1.165) is 10.9 Å². The van der Waals surface area contributed by atoms with Gasteiger partial charge in [-0.2, -0.15) is 0 Å². The average Bonchev–Trinajstić information content (AvgIpc) is 2.89. The van der Waals surface area contributed by atoms with E-state index in [1.807, 2.05) is 18.2 Å². The van der Waals surface area contributed by atoms with Crippen LogP contribution in [-0.4, -0.2) is 17.9 Å². The summed E-state index contributed by atoms with van der Waals surface area (Å²) < 4.78 is 5.14. The number of rotatable bonds is 3. The van der Waals surface area contributed by atoms with Gasteiger partial charge in [0.25, 0.3) is 0 Å². The fourth-order valence-corrected chi connectivity index (χ4v) is 2.31. The Hall–Kier alpha value is -2.26. The number of halogens is 1. The van der Waals surface area contributed by atoms with Crippen LogP contribution in [0.5, 0.6) is 5.75 Å². The lowest BCUT2D eigenvalue weighted by Crippen LogP contribution is -2.01. The average molecular weight is 286 g/mol. The number of nitrogens with one attached hydrogen (secondary N) is 1. The van der Waals surface area contributed by atoms with Gasteiger partial charge in [0.1, 0.15) is 5.75 Å². The van der Waals surface area contributed by atoms with Gasteiger partial charge in [0, 0.05) is 21.5 Å². The molecule has 2 aromatic carbocycles. The molecule has 0 fully saturated rings. The summed E-state index contributed by atoms with van der Waals surface area (Å²) in [5, 5.41) is 1.60. The maximum absolute atomic E-state index is 12.4. The second-order valence-corrected chi connectivity index (χ2v) is 4.91. The highest BCUT2D eigenvalue weighted by atomic mass is 35.5. The van der Waals surface area contributed by atoms with E-state index in [9.17, 15) is 4.79 Å². The number of hydrogen-bond acceptors (Lipinski definition) is 2. The Morgan fingerprint density at radius 2 is 2.00 bits per heavy atom. The summed E-state index contributed by atoms with van der Waals surface area (Å²) in [6.07, 6.45) is 0. The van der Waals surface area contributed by atoms with Crippen molar-refractivity contribution in [1.29, 1.82) is 0 Å². The van der Waals surface area contributed by atoms with Crippen LogP contribution in [0.15, 0.2) is 48.5 Å². The second kappa shape index (κ2) is 5.02. The van der Waals surface area contributed by atoms with Gasteiger partial charge in [0.15, 0.2) is 0 Å². The number of carbonyl (C=O) groups excluding carboxylic acids is 1. The normalized spacial score (nSPS) is 10.7. The molecule has 1 heterocycles. The lowest BCUT2D eigenvalue weighted by atomic mass is 10.1. The Labute approximate surface area is 121 Å². The Morgan fingerprint density at radius 1 is 1.15 bits per heavy atom. The number of benzene rings is 2. The van der Waals surface area contributed by atoms with Crippen molar-refractivity contribution in [2.24, 2.45) is 0 Å². The van der Waals surface area contributed by atoms with Gasteiger partial charge >= 0.3 is 0 Å². The molecule has 0 aliphatic rings. The molecule has 0 aliphatic heterocycles. The van der Waals surface area contributed by atoms with E-state index >= 15 is 0 Å². The minimum atomic E-state index is -0.0729. The number of aromatic amines is 1. The standard InChI is InChI=1S/C16H12ClNO2/c1-20-13-4-2-3-11(7-13)16(19)15-8-10-5-6-12(17)9-14(10)18-15/h2-9,18H,1H3. The number of methoxy groups -OCH3 is 1. The molecule has 0 radical (unpaired) electrons. The van der Waals surface area contributed by atoms with Crippen LogP contribution in [0.3, 0.4) is 0 Å². The van der Waals surface area contributed by atoms with Crippen LogP contribution in [0.4, 0.5) is 0 Å². The zero-order chi connectivity index (χ0) is 14.1. The largest absolute Gasteiger partial charge is 0.497 e. The lowest BCUT2D eigenvalue weighted by molar-refractivity contribution is 0.103. The predicted octanol–water partition coefficient (Wildman–Crippen LogP) is 4.06. The molecule has 0 bridgehead atoms. The number of fused-ring (bicyclic) bond motifs is 1. The summed E-state index contributed by atoms with van der Waals surface area (Å²) in [5.74, 6) is 0.589. The molecule has 3 nitrogen and oxygen atoms in total. The fraction of sp³-hybridized carbons (Fsp3) is 0.0625. The van der Waals surface area contributed by atoms with Crippen LogP contribution in [0.1, 0.15) is 16.1 Å². The quantitative estimate of drug-likeness (QED) is 0.737. The topological polar surface area (TPSA) is 42.1 Å². The molecule has 20 heavy (non-hydrogen) atoms. The highest BCUT2D eigenvalue weighted by Crippen LogP contribution is 2.22. The first-order valence-corrected chi connectivity index (χ1v) is 6.52. The van der Waals surface area contributed by atoms with Crippen molar-refractivity contribution < 1.29 is 9.53 Å². The molecule has 0 aliphatic carbocycles. The molecular weight excluding hydrogens is 274 g/mol. The monoisotopic (exact) mass is 285 g/mol. The van der Waals surface area contributed by atoms with Crippen molar-refractivity contribution in [2.75, 3.05) is 7.11 Å². The van der Waals surface area contributed by atoms with Gasteiger partial charge in [0.05, 0.1) is 12.8 Å². The molecule has 4 heteroatoms. The van der Waals surface area contributed by atoms with Gasteiger partial charge in [-0.1, -0.05) is 29.8 Å². The van der Waals surface area contributed by atoms with Gasteiger partial charge in [-0.25, -0.2) is 0 Å². The van der Waals surface area contributed by atoms with Gasteiger partial charge in [-0.3, -0.25) is 4.79 Å². The minimum absolute atomic E-state index is 0.0729. The smallest absolute Gasteiger partial charge is 0.209 e. The molecule has 1 aromatic heterocycles. The zero-order valence-electron chi connectivity index (χ0n) is 10.8. The second-order valence-electron chi connectivity index (χ2n) is 4.48. The van der Waals surface area contributed by atoms with E-state index in [0.29, 0.717) is 22.0 Å². The molecule has 0 spiro atoms. The van der Waals surface area contributed by atoms with Crippen LogP contribution in [-0.2, 0) is 0 Å². The molecule has 100 valence electrons. The predicted molar refractivity (Wildman–Crippen MR) is 79.7 cm³/mol. The first kappa shape index (κ1) is 12.8. The number of ether oxygens (including phenoxy) is 1. The van der Waals surface area contributed by atoms with Crippen LogP contribution >= 0.6 is 11.6 Å². The third-order valence-electron chi connectivity index (χ3n) is 3.16. The maximum atomic E-state index is 12.4. The van der Waals surface area contributed by atoms with Crippen molar-refractivity contribution in [3.05, 3.63) is 64.8 Å². The third-order valence-corrected chi connectivity index (χ3v) is 3.40. The molecule has 3 aromatic rings. The molecule has 0 amide bonds. The molecule has 1 N–H and O–H groups in total. The SMILES string of the molecule is COc1cccc(C(=O)c2cc3ccc(Cl)cc3[nH]2)c1. The number of carbonyl (C=O) groups is 1. The van der Waals surface area contributed by atoms with Crippen LogP contribution in [0.2, 0.25) is 5.02 Å². The third kappa shape index (κ3) is 2.28. The van der Waals surface area contributed by atoms with Crippen molar-refractivity contribution in [3.8, 4) is 5.75 Å². The summed E-state index contributed by atoms with van der Waals surface area (Å²) in [5.41, 5.74) is 1.97. The van der Waals surface area contributed by atoms with E-state index in [1.165, 1.54) is 0 Å². The Kier molecular flexibility index (Phi) is 3.20. The first-order valence-electron chi connectivity index (χ1n) is 6.14. The van der Waals surface area contributed by atoms with E-state index < -0.39 is 0 Å². The van der Waals surface area contributed by atoms with E-state index in [1.54, 1.807) is 37.4 Å². The first-order chi connectivity index (χ1) is 9.67. The zero-order valence-corrected chi connectivity index (χ0v) is 11.6. The minimum Gasteiger partial charge on any atom is -0.497 e. The van der Waals surface area contributed by atoms with Crippen LogP contribution < -0.4 is 4.74 Å².